The van der Waals surface area contributed by atoms with Crippen LogP contribution in [0.25, 0.3) is 5.82 Å². The quantitative estimate of drug-likeness (QED) is 0.750. The minimum absolute atomic E-state index is 0.111. The summed E-state index contributed by atoms with van der Waals surface area (Å²) in [6.45, 7) is 1.78. The van der Waals surface area contributed by atoms with Gasteiger partial charge in [0.25, 0.3) is 5.91 Å². The number of rotatable bonds is 5. The largest absolute Gasteiger partial charge is 0.384 e. The van der Waals surface area contributed by atoms with E-state index in [0.29, 0.717) is 5.82 Å². The molecule has 0 radical (unpaired) electrons. The SMILES string of the molecule is CC(O)(CNC(=O)c1cccc(-n2ccnc2)n1)c1ccsc1. The van der Waals surface area contributed by atoms with E-state index >= 15 is 0 Å². The summed E-state index contributed by atoms with van der Waals surface area (Å²) < 4.78 is 1.72. The third-order valence-electron chi connectivity index (χ3n) is 3.47. The van der Waals surface area contributed by atoms with E-state index in [0.717, 1.165) is 5.56 Å². The van der Waals surface area contributed by atoms with Gasteiger partial charge in [-0.15, -0.1) is 0 Å². The van der Waals surface area contributed by atoms with Crippen molar-refractivity contribution in [2.24, 2.45) is 0 Å². The summed E-state index contributed by atoms with van der Waals surface area (Å²) in [5.74, 6) is 0.280. The van der Waals surface area contributed by atoms with Crippen LogP contribution in [0.3, 0.4) is 0 Å². The van der Waals surface area contributed by atoms with E-state index in [1.54, 1.807) is 48.4 Å². The molecular formula is C16H16N4O2S. The summed E-state index contributed by atoms with van der Waals surface area (Å²) in [4.78, 5) is 20.5. The second-order valence-electron chi connectivity index (χ2n) is 5.32. The van der Waals surface area contributed by atoms with E-state index in [2.05, 4.69) is 15.3 Å². The highest BCUT2D eigenvalue weighted by Gasteiger charge is 2.24. The minimum atomic E-state index is -1.11. The van der Waals surface area contributed by atoms with Gasteiger partial charge in [-0.05, 0) is 41.4 Å². The molecule has 0 aliphatic heterocycles. The molecule has 0 spiro atoms. The molecule has 3 heterocycles. The van der Waals surface area contributed by atoms with Crippen LogP contribution in [0, 0.1) is 0 Å². The Balaban J connectivity index is 1.70. The van der Waals surface area contributed by atoms with Gasteiger partial charge in [-0.1, -0.05) is 6.07 Å². The van der Waals surface area contributed by atoms with Crippen LogP contribution in [-0.2, 0) is 5.60 Å². The molecule has 0 fully saturated rings. The van der Waals surface area contributed by atoms with Gasteiger partial charge < -0.3 is 10.4 Å². The molecule has 0 bridgehead atoms. The molecule has 118 valence electrons. The molecule has 3 aromatic heterocycles. The van der Waals surface area contributed by atoms with E-state index < -0.39 is 5.60 Å². The van der Waals surface area contributed by atoms with Gasteiger partial charge in [-0.25, -0.2) is 9.97 Å². The molecule has 1 atom stereocenters. The van der Waals surface area contributed by atoms with Crippen molar-refractivity contribution in [3.8, 4) is 5.82 Å². The van der Waals surface area contributed by atoms with Gasteiger partial charge in [0.2, 0.25) is 0 Å². The van der Waals surface area contributed by atoms with Crippen LogP contribution in [0.5, 0.6) is 0 Å². The number of nitrogens with one attached hydrogen (secondary N) is 1. The summed E-state index contributed by atoms with van der Waals surface area (Å²) in [7, 11) is 0. The Bertz CT molecular complexity index is 782. The van der Waals surface area contributed by atoms with E-state index in [9.17, 15) is 9.90 Å². The predicted molar refractivity (Wildman–Crippen MR) is 87.6 cm³/mol. The number of aliphatic hydroxyl groups is 1. The normalized spacial score (nSPS) is 13.5. The summed E-state index contributed by atoms with van der Waals surface area (Å²) in [6, 6.07) is 7.03. The zero-order valence-electron chi connectivity index (χ0n) is 12.5. The first-order valence-corrected chi connectivity index (χ1v) is 7.99. The van der Waals surface area contributed by atoms with Gasteiger partial charge in [0, 0.05) is 12.4 Å². The maximum absolute atomic E-state index is 12.3. The highest BCUT2D eigenvalue weighted by Crippen LogP contribution is 2.22. The number of carbonyl (C=O) groups excluding carboxylic acids is 1. The number of imidazole rings is 1. The summed E-state index contributed by atoms with van der Waals surface area (Å²) in [6.07, 6.45) is 5.02. The Hall–Kier alpha value is -2.51. The molecule has 0 aromatic carbocycles. The van der Waals surface area contributed by atoms with Gasteiger partial charge in [-0.3, -0.25) is 9.36 Å². The molecule has 0 saturated heterocycles. The van der Waals surface area contributed by atoms with E-state index in [-0.39, 0.29) is 18.1 Å². The zero-order valence-corrected chi connectivity index (χ0v) is 13.3. The highest BCUT2D eigenvalue weighted by atomic mass is 32.1. The van der Waals surface area contributed by atoms with Crippen molar-refractivity contribution < 1.29 is 9.90 Å². The summed E-state index contributed by atoms with van der Waals surface area (Å²) in [5.41, 5.74) is -0.0438. The number of aromatic nitrogens is 3. The van der Waals surface area contributed by atoms with Crippen molar-refractivity contribution in [1.82, 2.24) is 19.9 Å². The average molecular weight is 328 g/mol. The molecule has 3 rings (SSSR count). The number of amides is 1. The Morgan fingerprint density at radius 3 is 3.00 bits per heavy atom. The van der Waals surface area contributed by atoms with Crippen molar-refractivity contribution in [1.29, 1.82) is 0 Å². The van der Waals surface area contributed by atoms with Gasteiger partial charge in [-0.2, -0.15) is 11.3 Å². The molecule has 0 aliphatic rings. The first-order valence-electron chi connectivity index (χ1n) is 7.05. The van der Waals surface area contributed by atoms with Crippen LogP contribution in [0.4, 0.5) is 0 Å². The molecule has 0 aliphatic carbocycles. The van der Waals surface area contributed by atoms with Crippen LogP contribution in [0.2, 0.25) is 0 Å². The monoisotopic (exact) mass is 328 g/mol. The fraction of sp³-hybridized carbons (Fsp3) is 0.188. The lowest BCUT2D eigenvalue weighted by molar-refractivity contribution is 0.0528. The number of thiophene rings is 1. The summed E-state index contributed by atoms with van der Waals surface area (Å²) in [5, 5.41) is 16.9. The first kappa shape index (κ1) is 15.4. The lowest BCUT2D eigenvalue weighted by Gasteiger charge is -2.22. The van der Waals surface area contributed by atoms with Crippen molar-refractivity contribution in [2.75, 3.05) is 6.54 Å². The zero-order chi connectivity index (χ0) is 16.3. The minimum Gasteiger partial charge on any atom is -0.384 e. The Labute approximate surface area is 137 Å². The van der Waals surface area contributed by atoms with Gasteiger partial charge in [0.15, 0.2) is 0 Å². The van der Waals surface area contributed by atoms with Crippen molar-refractivity contribution in [2.45, 2.75) is 12.5 Å². The van der Waals surface area contributed by atoms with Crippen molar-refractivity contribution in [3.63, 3.8) is 0 Å². The third-order valence-corrected chi connectivity index (χ3v) is 4.16. The van der Waals surface area contributed by atoms with Crippen LogP contribution in [-0.4, -0.2) is 32.1 Å². The summed E-state index contributed by atoms with van der Waals surface area (Å²) >= 11 is 1.50. The number of hydrogen-bond donors (Lipinski definition) is 2. The lowest BCUT2D eigenvalue weighted by atomic mass is 9.99. The van der Waals surface area contributed by atoms with E-state index in [1.165, 1.54) is 11.3 Å². The number of nitrogens with zero attached hydrogens (tertiary/aromatic N) is 3. The Morgan fingerprint density at radius 1 is 1.43 bits per heavy atom. The maximum Gasteiger partial charge on any atom is 0.270 e. The van der Waals surface area contributed by atoms with E-state index in [4.69, 9.17) is 0 Å². The maximum atomic E-state index is 12.3. The second-order valence-corrected chi connectivity index (χ2v) is 6.10. The second kappa shape index (κ2) is 6.31. The van der Waals surface area contributed by atoms with Crippen LogP contribution >= 0.6 is 11.3 Å². The van der Waals surface area contributed by atoms with Crippen LogP contribution in [0.1, 0.15) is 23.0 Å². The van der Waals surface area contributed by atoms with E-state index in [1.807, 2.05) is 16.8 Å². The molecule has 2 N–H and O–H groups in total. The molecule has 6 nitrogen and oxygen atoms in total. The molecular weight excluding hydrogens is 312 g/mol. The first-order chi connectivity index (χ1) is 11.1. The average Bonchev–Trinajstić information content (AvgIpc) is 3.25. The van der Waals surface area contributed by atoms with Gasteiger partial charge in [0.05, 0.1) is 6.54 Å². The third kappa shape index (κ3) is 3.46. The van der Waals surface area contributed by atoms with Crippen molar-refractivity contribution in [3.05, 3.63) is 65.0 Å². The van der Waals surface area contributed by atoms with Gasteiger partial charge in [0.1, 0.15) is 23.4 Å². The topological polar surface area (TPSA) is 80.0 Å². The van der Waals surface area contributed by atoms with Gasteiger partial charge >= 0.3 is 0 Å². The molecule has 1 unspecified atom stereocenters. The smallest absolute Gasteiger partial charge is 0.270 e. The van der Waals surface area contributed by atoms with Crippen LogP contribution in [0.15, 0.2) is 53.7 Å². The standard InChI is InChI=1S/C16H16N4O2S/c1-16(22,12-5-8-23-9-12)10-18-15(21)13-3-2-4-14(19-13)20-7-6-17-11-20/h2-9,11,22H,10H2,1H3,(H,18,21). The van der Waals surface area contributed by atoms with Crippen LogP contribution < -0.4 is 5.32 Å². The Kier molecular flexibility index (Phi) is 4.22. The number of carbonyl (C=O) groups is 1. The molecule has 0 saturated carbocycles. The molecule has 23 heavy (non-hydrogen) atoms. The fourth-order valence-corrected chi connectivity index (χ4v) is 2.89. The molecule has 1 amide bonds. The number of hydrogen-bond acceptors (Lipinski definition) is 5. The Morgan fingerprint density at radius 2 is 2.30 bits per heavy atom. The fourth-order valence-electron chi connectivity index (χ4n) is 2.10. The molecule has 7 heteroatoms. The number of pyridine rings is 1. The predicted octanol–water partition coefficient (Wildman–Crippen LogP) is 1.97. The lowest BCUT2D eigenvalue weighted by Crippen LogP contribution is -2.38. The van der Waals surface area contributed by atoms with Crippen molar-refractivity contribution >= 4 is 17.2 Å². The molecule has 3 aromatic rings. The highest BCUT2D eigenvalue weighted by molar-refractivity contribution is 7.08.